The lowest BCUT2D eigenvalue weighted by molar-refractivity contribution is -0.125. The molecular weight excluding hydrogens is 310 g/mol. The molecule has 4 rings (SSSR count). The van der Waals surface area contributed by atoms with Crippen LogP contribution in [0.4, 0.5) is 0 Å². The minimum absolute atomic E-state index is 0.237. The minimum Gasteiger partial charge on any atom is -0.482 e. The predicted octanol–water partition coefficient (Wildman–Crippen LogP) is 3.83. The van der Waals surface area contributed by atoms with Crippen molar-refractivity contribution in [3.05, 3.63) is 65.7 Å². The smallest absolute Gasteiger partial charge is 0.174 e. The van der Waals surface area contributed by atoms with Crippen LogP contribution < -0.4 is 4.74 Å². The van der Waals surface area contributed by atoms with Gasteiger partial charge in [-0.05, 0) is 49.0 Å². The Bertz CT molecular complexity index is 695. The van der Waals surface area contributed by atoms with Gasteiger partial charge >= 0.3 is 0 Å². The molecule has 0 aromatic heterocycles. The third-order valence-electron chi connectivity index (χ3n) is 5.54. The Kier molecular flexibility index (Phi) is 4.84. The maximum atomic E-state index is 12.5. The van der Waals surface area contributed by atoms with Crippen LogP contribution in [0.1, 0.15) is 36.3 Å². The number of rotatable bonds is 5. The highest BCUT2D eigenvalue weighted by atomic mass is 16.5. The Balaban J connectivity index is 1.23. The molecular formula is C22H25NO2. The van der Waals surface area contributed by atoms with E-state index in [4.69, 9.17) is 4.74 Å². The number of fused-ring (bicyclic) bond motifs is 1. The lowest BCUT2D eigenvalue weighted by Gasteiger charge is -2.32. The van der Waals surface area contributed by atoms with Crippen molar-refractivity contribution in [3.8, 4) is 5.75 Å². The normalized spacial score (nSPS) is 20.9. The number of carbonyl (C=O) groups excluding carboxylic acids is 1. The monoisotopic (exact) mass is 335 g/mol. The average molecular weight is 335 g/mol. The predicted molar refractivity (Wildman–Crippen MR) is 99.0 cm³/mol. The van der Waals surface area contributed by atoms with Crippen molar-refractivity contribution in [2.75, 3.05) is 19.6 Å². The Morgan fingerprint density at radius 2 is 1.72 bits per heavy atom. The first-order valence-electron chi connectivity index (χ1n) is 9.34. The quantitative estimate of drug-likeness (QED) is 0.832. The van der Waals surface area contributed by atoms with Crippen LogP contribution in [0.25, 0.3) is 0 Å². The second-order valence-corrected chi connectivity index (χ2v) is 7.16. The van der Waals surface area contributed by atoms with Crippen LogP contribution in [-0.2, 0) is 11.2 Å². The molecule has 1 fully saturated rings. The Hall–Kier alpha value is -2.13. The molecule has 2 heterocycles. The van der Waals surface area contributed by atoms with Gasteiger partial charge in [0.25, 0.3) is 0 Å². The van der Waals surface area contributed by atoms with Crippen LogP contribution in [0.2, 0.25) is 0 Å². The van der Waals surface area contributed by atoms with Gasteiger partial charge in [0.05, 0.1) is 0 Å². The number of hydrogen-bond donors (Lipinski definition) is 0. The number of piperidine rings is 1. The number of hydrogen-bond acceptors (Lipinski definition) is 3. The lowest BCUT2D eigenvalue weighted by atomic mass is 9.89. The van der Waals surface area contributed by atoms with E-state index in [0.29, 0.717) is 12.3 Å². The molecule has 1 unspecified atom stereocenters. The molecule has 1 atom stereocenters. The van der Waals surface area contributed by atoms with Crippen molar-refractivity contribution in [2.24, 2.45) is 0 Å². The van der Waals surface area contributed by atoms with E-state index in [1.807, 2.05) is 18.2 Å². The van der Waals surface area contributed by atoms with Crippen molar-refractivity contribution in [2.45, 2.75) is 37.7 Å². The van der Waals surface area contributed by atoms with E-state index in [1.54, 1.807) is 0 Å². The van der Waals surface area contributed by atoms with Gasteiger partial charge in [-0.15, -0.1) is 0 Å². The minimum atomic E-state index is -0.278. The van der Waals surface area contributed by atoms with Gasteiger partial charge in [-0.1, -0.05) is 48.5 Å². The van der Waals surface area contributed by atoms with Crippen molar-refractivity contribution >= 4 is 5.78 Å². The number of ether oxygens (including phenoxy) is 1. The largest absolute Gasteiger partial charge is 0.482 e. The van der Waals surface area contributed by atoms with Crippen LogP contribution >= 0.6 is 0 Å². The number of Topliss-reactive ketones (excluding diaryl/α,β-unsaturated/α-hetero) is 1. The zero-order valence-electron chi connectivity index (χ0n) is 14.6. The lowest BCUT2D eigenvalue weighted by Crippen LogP contribution is -2.36. The van der Waals surface area contributed by atoms with E-state index >= 15 is 0 Å². The maximum absolute atomic E-state index is 12.5. The van der Waals surface area contributed by atoms with Gasteiger partial charge in [0.1, 0.15) is 5.75 Å². The molecule has 3 heteroatoms. The zero-order valence-corrected chi connectivity index (χ0v) is 14.6. The van der Waals surface area contributed by atoms with E-state index in [1.165, 1.54) is 18.4 Å². The summed E-state index contributed by atoms with van der Waals surface area (Å²) in [7, 11) is 0. The summed E-state index contributed by atoms with van der Waals surface area (Å²) in [4.78, 5) is 14.9. The third-order valence-corrected chi connectivity index (χ3v) is 5.54. The highest BCUT2D eigenvalue weighted by Gasteiger charge is 2.29. The van der Waals surface area contributed by atoms with Crippen LogP contribution in [0.15, 0.2) is 54.6 Å². The molecule has 0 bridgehead atoms. The molecule has 0 saturated carbocycles. The second-order valence-electron chi connectivity index (χ2n) is 7.16. The number of benzene rings is 2. The molecule has 2 aromatic rings. The van der Waals surface area contributed by atoms with E-state index in [9.17, 15) is 4.79 Å². The summed E-state index contributed by atoms with van der Waals surface area (Å²) in [6.45, 7) is 3.02. The highest BCUT2D eigenvalue weighted by molar-refractivity contribution is 5.84. The third kappa shape index (κ3) is 3.77. The first-order valence-corrected chi connectivity index (χ1v) is 9.34. The molecule has 130 valence electrons. The van der Waals surface area contributed by atoms with Crippen molar-refractivity contribution < 1.29 is 9.53 Å². The van der Waals surface area contributed by atoms with Gasteiger partial charge in [-0.25, -0.2) is 0 Å². The summed E-state index contributed by atoms with van der Waals surface area (Å²) in [6.07, 6.45) is 3.41. The fourth-order valence-electron chi connectivity index (χ4n) is 4.01. The zero-order chi connectivity index (χ0) is 17.1. The Morgan fingerprint density at radius 3 is 2.48 bits per heavy atom. The number of nitrogens with zero attached hydrogens (tertiary/aromatic N) is 1. The van der Waals surface area contributed by atoms with Crippen molar-refractivity contribution in [1.82, 2.24) is 4.90 Å². The first kappa shape index (κ1) is 16.3. The summed E-state index contributed by atoms with van der Waals surface area (Å²) in [5, 5.41) is 0. The van der Waals surface area contributed by atoms with Crippen LogP contribution in [0, 0.1) is 0 Å². The van der Waals surface area contributed by atoms with Crippen LogP contribution in [0.3, 0.4) is 0 Å². The topological polar surface area (TPSA) is 29.5 Å². The van der Waals surface area contributed by atoms with Gasteiger partial charge in [-0.3, -0.25) is 4.79 Å². The standard InChI is InChI=1S/C22H25NO2/c24-20(22-16-19-8-4-5-9-21(19)25-22)12-15-23-13-10-18(11-14-23)17-6-2-1-3-7-17/h1-9,18,22H,10-16H2. The fourth-order valence-corrected chi connectivity index (χ4v) is 4.01. The molecule has 25 heavy (non-hydrogen) atoms. The number of ketones is 1. The summed E-state index contributed by atoms with van der Waals surface area (Å²) in [5.74, 6) is 1.78. The summed E-state index contributed by atoms with van der Waals surface area (Å²) >= 11 is 0. The van der Waals surface area contributed by atoms with E-state index in [-0.39, 0.29) is 11.9 Å². The molecule has 0 spiro atoms. The van der Waals surface area contributed by atoms with Gasteiger partial charge in [0, 0.05) is 19.4 Å². The van der Waals surface area contributed by atoms with Gasteiger partial charge in [0.15, 0.2) is 11.9 Å². The molecule has 2 aliphatic heterocycles. The molecule has 0 amide bonds. The van der Waals surface area contributed by atoms with Gasteiger partial charge in [-0.2, -0.15) is 0 Å². The first-order chi connectivity index (χ1) is 12.3. The molecule has 0 aliphatic carbocycles. The molecule has 0 N–H and O–H groups in total. The Labute approximate surface area is 149 Å². The summed E-state index contributed by atoms with van der Waals surface area (Å²) < 4.78 is 5.82. The highest BCUT2D eigenvalue weighted by Crippen LogP contribution is 2.30. The summed E-state index contributed by atoms with van der Waals surface area (Å²) in [5.41, 5.74) is 2.61. The maximum Gasteiger partial charge on any atom is 0.174 e. The molecule has 0 radical (unpaired) electrons. The fraction of sp³-hybridized carbons (Fsp3) is 0.409. The SMILES string of the molecule is O=C(CCN1CCC(c2ccccc2)CC1)C1Cc2ccccc2O1. The van der Waals surface area contributed by atoms with E-state index < -0.39 is 0 Å². The van der Waals surface area contributed by atoms with Crippen molar-refractivity contribution in [1.29, 1.82) is 0 Å². The van der Waals surface area contributed by atoms with E-state index in [2.05, 4.69) is 41.3 Å². The molecule has 2 aliphatic rings. The molecule has 1 saturated heterocycles. The number of likely N-dealkylation sites (tertiary alicyclic amines) is 1. The van der Waals surface area contributed by atoms with Crippen LogP contribution in [0.5, 0.6) is 5.75 Å². The second kappa shape index (κ2) is 7.40. The average Bonchev–Trinajstić information content (AvgIpc) is 3.11. The van der Waals surface area contributed by atoms with Gasteiger partial charge in [0.2, 0.25) is 0 Å². The molecule has 3 nitrogen and oxygen atoms in total. The van der Waals surface area contributed by atoms with Crippen LogP contribution in [-0.4, -0.2) is 36.4 Å². The Morgan fingerprint density at radius 1 is 1.00 bits per heavy atom. The van der Waals surface area contributed by atoms with Gasteiger partial charge < -0.3 is 9.64 Å². The van der Waals surface area contributed by atoms with Crippen molar-refractivity contribution in [3.63, 3.8) is 0 Å². The number of carbonyl (C=O) groups is 1. The molecule has 2 aromatic carbocycles. The number of para-hydroxylation sites is 1. The van der Waals surface area contributed by atoms with E-state index in [0.717, 1.165) is 37.4 Å². The summed E-state index contributed by atoms with van der Waals surface area (Å²) in [6, 6.07) is 18.8.